The minimum Gasteiger partial charge on any atom is -0.456 e. The minimum atomic E-state index is -0.940. The Morgan fingerprint density at radius 1 is 1.19 bits per heavy atom. The second-order valence-corrected chi connectivity index (χ2v) is 8.26. The summed E-state index contributed by atoms with van der Waals surface area (Å²) < 4.78 is 22.9. The monoisotopic (exact) mass is 412 g/mol. The van der Waals surface area contributed by atoms with E-state index in [1.807, 2.05) is 48.9 Å². The molecule has 6 rings (SSSR count). The molecule has 2 aromatic carbocycles. The van der Waals surface area contributed by atoms with Crippen LogP contribution in [0.15, 0.2) is 89.3 Å². The van der Waals surface area contributed by atoms with Gasteiger partial charge in [-0.15, -0.1) is 0 Å². The summed E-state index contributed by atoms with van der Waals surface area (Å²) in [5.41, 5.74) is 4.12. The van der Waals surface area contributed by atoms with Gasteiger partial charge < -0.3 is 14.1 Å². The van der Waals surface area contributed by atoms with Gasteiger partial charge in [0.15, 0.2) is 0 Å². The fraction of sp³-hybridized carbons (Fsp3) is 0.192. The first-order valence-electron chi connectivity index (χ1n) is 10.5. The number of imidazole rings is 1. The molecule has 2 aliphatic rings. The molecule has 1 aliphatic heterocycles. The van der Waals surface area contributed by atoms with Crippen molar-refractivity contribution in [3.8, 4) is 11.3 Å². The number of aromatic nitrogens is 2. The molecule has 1 unspecified atom stereocenters. The van der Waals surface area contributed by atoms with E-state index in [1.54, 1.807) is 6.07 Å². The Kier molecular flexibility index (Phi) is 4.18. The minimum absolute atomic E-state index is 0.0261. The van der Waals surface area contributed by atoms with Crippen LogP contribution in [-0.4, -0.2) is 14.7 Å². The Morgan fingerprint density at radius 3 is 2.94 bits per heavy atom. The second-order valence-electron chi connectivity index (χ2n) is 8.26. The first kappa shape index (κ1) is 18.3. The Hall–Kier alpha value is -3.44. The van der Waals surface area contributed by atoms with Crippen molar-refractivity contribution in [3.05, 3.63) is 102 Å². The van der Waals surface area contributed by atoms with Crippen molar-refractivity contribution in [2.24, 2.45) is 0 Å². The summed E-state index contributed by atoms with van der Waals surface area (Å²) in [5, 5.41) is 11.8. The van der Waals surface area contributed by atoms with Gasteiger partial charge in [-0.1, -0.05) is 48.6 Å². The molecule has 4 aromatic rings. The smallest absolute Gasteiger partial charge is 0.137 e. The summed E-state index contributed by atoms with van der Waals surface area (Å²) in [7, 11) is 0. The Balaban J connectivity index is 1.34. The zero-order chi connectivity index (χ0) is 20.9. The number of hydrogen-bond acceptors (Lipinski definition) is 3. The molecule has 31 heavy (non-hydrogen) atoms. The number of benzene rings is 2. The van der Waals surface area contributed by atoms with Gasteiger partial charge in [0.2, 0.25) is 0 Å². The lowest BCUT2D eigenvalue weighted by atomic mass is 9.86. The molecule has 1 N–H and O–H groups in total. The quantitative estimate of drug-likeness (QED) is 0.442. The van der Waals surface area contributed by atoms with E-state index in [0.717, 1.165) is 23.1 Å². The van der Waals surface area contributed by atoms with E-state index >= 15 is 0 Å². The van der Waals surface area contributed by atoms with Crippen LogP contribution < -0.4 is 0 Å². The van der Waals surface area contributed by atoms with Crippen LogP contribution in [0.3, 0.4) is 0 Å². The molecule has 3 atom stereocenters. The molecular weight excluding hydrogens is 391 g/mol. The van der Waals surface area contributed by atoms with Gasteiger partial charge in [-0.2, -0.15) is 0 Å². The lowest BCUT2D eigenvalue weighted by Gasteiger charge is -2.22. The molecule has 2 aromatic heterocycles. The zero-order valence-electron chi connectivity index (χ0n) is 16.8. The number of aliphatic hydroxyl groups is 1. The molecule has 0 radical (unpaired) electrons. The average Bonchev–Trinajstić information content (AvgIpc) is 3.50. The van der Waals surface area contributed by atoms with Crippen LogP contribution >= 0.6 is 0 Å². The third-order valence-electron chi connectivity index (χ3n) is 6.47. The normalized spacial score (nSPS) is 20.5. The Bertz CT molecular complexity index is 1330. The van der Waals surface area contributed by atoms with Crippen LogP contribution in [0.1, 0.15) is 42.2 Å². The molecule has 0 spiro atoms. The molecule has 0 amide bonds. The topological polar surface area (TPSA) is 51.2 Å². The molecule has 154 valence electrons. The second kappa shape index (κ2) is 7.06. The van der Waals surface area contributed by atoms with E-state index < -0.39 is 11.9 Å². The van der Waals surface area contributed by atoms with E-state index in [9.17, 15) is 9.50 Å². The van der Waals surface area contributed by atoms with Crippen molar-refractivity contribution in [2.75, 3.05) is 0 Å². The summed E-state index contributed by atoms with van der Waals surface area (Å²) in [6.45, 7) is 0. The van der Waals surface area contributed by atoms with Gasteiger partial charge in [0, 0.05) is 46.8 Å². The average molecular weight is 412 g/mol. The SMILES string of the molecule is O[C@@H](C[C@@H]1C2=CC=CCC2c2cncn21)c1cc2cc(-c3ccccc3)oc2cc1F. The number of nitrogens with zero attached hydrogens (tertiary/aromatic N) is 2. The van der Waals surface area contributed by atoms with Crippen molar-refractivity contribution in [2.45, 2.75) is 30.9 Å². The van der Waals surface area contributed by atoms with Gasteiger partial charge in [-0.3, -0.25) is 0 Å². The number of hydrogen-bond donors (Lipinski definition) is 1. The van der Waals surface area contributed by atoms with Gasteiger partial charge in [0.05, 0.1) is 18.5 Å². The first-order chi connectivity index (χ1) is 15.2. The summed E-state index contributed by atoms with van der Waals surface area (Å²) in [6.07, 6.45) is 10.4. The molecule has 4 nitrogen and oxygen atoms in total. The predicted molar refractivity (Wildman–Crippen MR) is 117 cm³/mol. The van der Waals surface area contributed by atoms with Crippen molar-refractivity contribution in [3.63, 3.8) is 0 Å². The fourth-order valence-electron chi connectivity index (χ4n) is 4.95. The maximum absolute atomic E-state index is 15.0. The maximum atomic E-state index is 15.0. The highest BCUT2D eigenvalue weighted by molar-refractivity contribution is 5.83. The molecule has 0 fully saturated rings. The van der Waals surface area contributed by atoms with Crippen LogP contribution in [0.4, 0.5) is 4.39 Å². The van der Waals surface area contributed by atoms with Crippen molar-refractivity contribution >= 4 is 11.0 Å². The van der Waals surface area contributed by atoms with Crippen molar-refractivity contribution in [1.29, 1.82) is 0 Å². The highest BCUT2D eigenvalue weighted by Gasteiger charge is 2.37. The number of halogens is 1. The number of aliphatic hydroxyl groups excluding tert-OH is 1. The summed E-state index contributed by atoms with van der Waals surface area (Å²) >= 11 is 0. The van der Waals surface area contributed by atoms with Crippen molar-refractivity contribution in [1.82, 2.24) is 9.55 Å². The standard InChI is InChI=1S/C26H21FN2O2/c27-21-12-26-17(11-25(31-26)16-6-2-1-3-7-16)10-20(21)24(30)13-22-18-8-4-5-9-19(18)23-14-28-15-29(22)23/h1-8,10-12,14-15,19,22,24,30H,9,13H2/t19?,22-,24+/m1/s1. The number of allylic oxidation sites excluding steroid dienone is 4. The third kappa shape index (κ3) is 2.96. The molecule has 1 aliphatic carbocycles. The fourth-order valence-corrected chi connectivity index (χ4v) is 4.95. The summed E-state index contributed by atoms with van der Waals surface area (Å²) in [6, 6.07) is 14.7. The van der Waals surface area contributed by atoms with Crippen LogP contribution in [0.25, 0.3) is 22.3 Å². The van der Waals surface area contributed by atoms with E-state index in [4.69, 9.17) is 4.42 Å². The van der Waals surface area contributed by atoms with Crippen molar-refractivity contribution < 1.29 is 13.9 Å². The molecule has 5 heteroatoms. The highest BCUT2D eigenvalue weighted by Crippen LogP contribution is 2.48. The van der Waals surface area contributed by atoms with E-state index in [1.165, 1.54) is 11.6 Å². The summed E-state index contributed by atoms with van der Waals surface area (Å²) in [5.74, 6) is 0.522. The lowest BCUT2D eigenvalue weighted by Crippen LogP contribution is -2.12. The van der Waals surface area contributed by atoms with Gasteiger partial charge in [-0.25, -0.2) is 9.37 Å². The van der Waals surface area contributed by atoms with Crippen LogP contribution in [0.2, 0.25) is 0 Å². The van der Waals surface area contributed by atoms with Crippen LogP contribution in [-0.2, 0) is 0 Å². The molecular formula is C26H21FN2O2. The molecule has 3 heterocycles. The zero-order valence-corrected chi connectivity index (χ0v) is 16.8. The predicted octanol–water partition coefficient (Wildman–Crippen LogP) is 6.08. The van der Waals surface area contributed by atoms with E-state index in [-0.39, 0.29) is 6.04 Å². The van der Waals surface area contributed by atoms with E-state index in [2.05, 4.69) is 27.8 Å². The highest BCUT2D eigenvalue weighted by atomic mass is 19.1. The molecule has 0 saturated carbocycles. The number of fused-ring (bicyclic) bond motifs is 4. The molecule has 0 bridgehead atoms. The summed E-state index contributed by atoms with van der Waals surface area (Å²) in [4.78, 5) is 4.30. The van der Waals surface area contributed by atoms with Crippen LogP contribution in [0.5, 0.6) is 0 Å². The van der Waals surface area contributed by atoms with E-state index in [0.29, 0.717) is 29.2 Å². The largest absolute Gasteiger partial charge is 0.456 e. The number of furan rings is 1. The Morgan fingerprint density at radius 2 is 2.06 bits per heavy atom. The Labute approximate surface area is 179 Å². The lowest BCUT2D eigenvalue weighted by molar-refractivity contribution is 0.149. The van der Waals surface area contributed by atoms with Gasteiger partial charge in [0.25, 0.3) is 0 Å². The van der Waals surface area contributed by atoms with Gasteiger partial charge >= 0.3 is 0 Å². The van der Waals surface area contributed by atoms with Gasteiger partial charge in [0.1, 0.15) is 17.2 Å². The number of rotatable bonds is 4. The van der Waals surface area contributed by atoms with Crippen LogP contribution in [0, 0.1) is 5.82 Å². The third-order valence-corrected chi connectivity index (χ3v) is 6.47. The van der Waals surface area contributed by atoms with Gasteiger partial charge in [-0.05, 0) is 24.1 Å². The molecule has 0 saturated heterocycles. The first-order valence-corrected chi connectivity index (χ1v) is 10.5. The maximum Gasteiger partial charge on any atom is 0.137 e.